The van der Waals surface area contributed by atoms with Gasteiger partial charge in [0.25, 0.3) is 0 Å². The van der Waals surface area contributed by atoms with Crippen molar-refractivity contribution >= 4 is 29.0 Å². The predicted molar refractivity (Wildman–Crippen MR) is 126 cm³/mol. The van der Waals surface area contributed by atoms with Gasteiger partial charge in [-0.3, -0.25) is 4.79 Å². The minimum atomic E-state index is -0.322. The van der Waals surface area contributed by atoms with E-state index in [4.69, 9.17) is 10.5 Å². The number of hydrogen-bond donors (Lipinski definition) is 3. The fourth-order valence-corrected chi connectivity index (χ4v) is 3.80. The van der Waals surface area contributed by atoms with Gasteiger partial charge in [-0.25, -0.2) is 4.79 Å². The number of nitrogens with zero attached hydrogens (tertiary/aromatic N) is 1. The molecule has 1 aliphatic rings. The second-order valence-electron chi connectivity index (χ2n) is 7.84. The highest BCUT2D eigenvalue weighted by Crippen LogP contribution is 2.27. The highest BCUT2D eigenvalue weighted by molar-refractivity contribution is 5.99. The SMILES string of the molecule is NC(=O)CC1CCN(c2ccc(NC(=O)Nc3ccc(Oc4ccccc4)cc3)cc2)C1. The van der Waals surface area contributed by atoms with Gasteiger partial charge in [-0.15, -0.1) is 0 Å². The minimum Gasteiger partial charge on any atom is -0.457 e. The number of nitrogens with two attached hydrogens (primary N) is 1. The summed E-state index contributed by atoms with van der Waals surface area (Å²) in [5.74, 6) is 1.51. The zero-order chi connectivity index (χ0) is 22.3. The standard InChI is InChI=1S/C25H26N4O3/c26-24(30)16-18-14-15-29(17-18)21-10-6-19(7-11-21)27-25(31)28-20-8-12-23(13-9-20)32-22-4-2-1-3-5-22/h1-13,18H,14-17H2,(H2,26,30)(H2,27,28,31). The monoisotopic (exact) mass is 430 g/mol. The Bertz CT molecular complexity index is 1050. The molecule has 7 heteroatoms. The lowest BCUT2D eigenvalue weighted by molar-refractivity contribution is -0.118. The van der Waals surface area contributed by atoms with Crippen LogP contribution in [0.1, 0.15) is 12.8 Å². The number of carbonyl (C=O) groups is 2. The van der Waals surface area contributed by atoms with Gasteiger partial charge in [0, 0.05) is 36.6 Å². The van der Waals surface area contributed by atoms with E-state index in [0.29, 0.717) is 29.5 Å². The molecule has 7 nitrogen and oxygen atoms in total. The molecule has 1 unspecified atom stereocenters. The Morgan fingerprint density at radius 1 is 0.875 bits per heavy atom. The molecular weight excluding hydrogens is 404 g/mol. The van der Waals surface area contributed by atoms with Gasteiger partial charge >= 0.3 is 6.03 Å². The van der Waals surface area contributed by atoms with Gasteiger partial charge in [0.2, 0.25) is 5.91 Å². The molecular formula is C25H26N4O3. The Balaban J connectivity index is 1.27. The molecule has 0 saturated carbocycles. The second kappa shape index (κ2) is 9.87. The number of para-hydroxylation sites is 1. The lowest BCUT2D eigenvalue weighted by Crippen LogP contribution is -2.22. The predicted octanol–water partition coefficient (Wildman–Crippen LogP) is 4.82. The summed E-state index contributed by atoms with van der Waals surface area (Å²) in [5, 5.41) is 5.65. The van der Waals surface area contributed by atoms with E-state index in [2.05, 4.69) is 15.5 Å². The highest BCUT2D eigenvalue weighted by atomic mass is 16.5. The molecule has 1 atom stereocenters. The Morgan fingerprint density at radius 2 is 1.47 bits per heavy atom. The molecule has 1 heterocycles. The molecule has 4 rings (SSSR count). The molecule has 0 spiro atoms. The summed E-state index contributed by atoms with van der Waals surface area (Å²) >= 11 is 0. The molecule has 0 bridgehead atoms. The molecule has 164 valence electrons. The summed E-state index contributed by atoms with van der Waals surface area (Å²) in [7, 11) is 0. The Kier molecular flexibility index (Phi) is 6.55. The number of nitrogens with one attached hydrogen (secondary N) is 2. The molecule has 3 aromatic carbocycles. The number of anilines is 3. The van der Waals surface area contributed by atoms with E-state index in [9.17, 15) is 9.59 Å². The van der Waals surface area contributed by atoms with Crippen LogP contribution in [-0.2, 0) is 4.79 Å². The van der Waals surface area contributed by atoms with Crippen LogP contribution in [0.25, 0.3) is 0 Å². The van der Waals surface area contributed by atoms with Gasteiger partial charge in [-0.2, -0.15) is 0 Å². The third kappa shape index (κ3) is 5.78. The van der Waals surface area contributed by atoms with Crippen LogP contribution in [0.2, 0.25) is 0 Å². The summed E-state index contributed by atoms with van der Waals surface area (Å²) < 4.78 is 5.76. The van der Waals surface area contributed by atoms with Crippen LogP contribution in [-0.4, -0.2) is 25.0 Å². The Hall–Kier alpha value is -4.00. The topological polar surface area (TPSA) is 96.7 Å². The molecule has 1 saturated heterocycles. The molecule has 3 aromatic rings. The van der Waals surface area contributed by atoms with Crippen molar-refractivity contribution in [1.29, 1.82) is 0 Å². The maximum atomic E-state index is 12.3. The highest BCUT2D eigenvalue weighted by Gasteiger charge is 2.24. The van der Waals surface area contributed by atoms with Crippen molar-refractivity contribution in [3.8, 4) is 11.5 Å². The first-order valence-corrected chi connectivity index (χ1v) is 10.6. The summed E-state index contributed by atoms with van der Waals surface area (Å²) in [6.07, 6.45) is 1.39. The fourth-order valence-electron chi connectivity index (χ4n) is 3.80. The van der Waals surface area contributed by atoms with Gasteiger partial charge in [0.05, 0.1) is 0 Å². The summed E-state index contributed by atoms with van der Waals surface area (Å²) in [5.41, 5.74) is 7.73. The van der Waals surface area contributed by atoms with Crippen molar-refractivity contribution < 1.29 is 14.3 Å². The zero-order valence-electron chi connectivity index (χ0n) is 17.7. The largest absolute Gasteiger partial charge is 0.457 e. The van der Waals surface area contributed by atoms with E-state index in [0.717, 1.165) is 30.9 Å². The van der Waals surface area contributed by atoms with Gasteiger partial charge in [-0.05, 0) is 73.0 Å². The maximum absolute atomic E-state index is 12.3. The van der Waals surface area contributed by atoms with Gasteiger partial charge in [0.1, 0.15) is 11.5 Å². The summed E-state index contributed by atoms with van der Waals surface area (Å²) in [6, 6.07) is 24.1. The normalized spacial score (nSPS) is 15.2. The minimum absolute atomic E-state index is 0.249. The molecule has 0 radical (unpaired) electrons. The fraction of sp³-hybridized carbons (Fsp3) is 0.200. The lowest BCUT2D eigenvalue weighted by Gasteiger charge is -2.19. The van der Waals surface area contributed by atoms with Crippen LogP contribution >= 0.6 is 0 Å². The van der Waals surface area contributed by atoms with Crippen molar-refractivity contribution in [3.63, 3.8) is 0 Å². The van der Waals surface area contributed by atoms with Crippen molar-refractivity contribution in [2.75, 3.05) is 28.6 Å². The molecule has 1 fully saturated rings. The maximum Gasteiger partial charge on any atom is 0.323 e. The molecule has 1 aliphatic heterocycles. The average molecular weight is 431 g/mol. The van der Waals surface area contributed by atoms with Crippen molar-refractivity contribution in [3.05, 3.63) is 78.9 Å². The van der Waals surface area contributed by atoms with E-state index in [1.807, 2.05) is 54.6 Å². The number of ether oxygens (including phenoxy) is 1. The van der Waals surface area contributed by atoms with Crippen molar-refractivity contribution in [2.45, 2.75) is 12.8 Å². The van der Waals surface area contributed by atoms with Crippen LogP contribution in [0.4, 0.5) is 21.9 Å². The van der Waals surface area contributed by atoms with E-state index in [-0.39, 0.29) is 11.9 Å². The van der Waals surface area contributed by atoms with E-state index < -0.39 is 0 Å². The van der Waals surface area contributed by atoms with E-state index in [1.54, 1.807) is 24.3 Å². The van der Waals surface area contributed by atoms with Crippen LogP contribution in [0.15, 0.2) is 78.9 Å². The molecule has 32 heavy (non-hydrogen) atoms. The second-order valence-corrected chi connectivity index (χ2v) is 7.84. The molecule has 0 aromatic heterocycles. The third-order valence-electron chi connectivity index (χ3n) is 5.36. The van der Waals surface area contributed by atoms with Crippen molar-refractivity contribution in [1.82, 2.24) is 0 Å². The number of primary amides is 1. The first-order chi connectivity index (χ1) is 15.5. The average Bonchev–Trinajstić information content (AvgIpc) is 3.24. The third-order valence-corrected chi connectivity index (χ3v) is 5.36. The van der Waals surface area contributed by atoms with Crippen LogP contribution in [0.3, 0.4) is 0 Å². The number of benzene rings is 3. The van der Waals surface area contributed by atoms with Crippen LogP contribution < -0.4 is 26.0 Å². The number of urea groups is 1. The van der Waals surface area contributed by atoms with Crippen molar-refractivity contribution in [2.24, 2.45) is 11.7 Å². The number of rotatable bonds is 7. The van der Waals surface area contributed by atoms with Gasteiger partial charge in [0.15, 0.2) is 0 Å². The Morgan fingerprint density at radius 3 is 2.09 bits per heavy atom. The first kappa shape index (κ1) is 21.2. The van der Waals surface area contributed by atoms with E-state index >= 15 is 0 Å². The lowest BCUT2D eigenvalue weighted by atomic mass is 10.1. The van der Waals surface area contributed by atoms with Crippen LogP contribution in [0.5, 0.6) is 11.5 Å². The zero-order valence-corrected chi connectivity index (χ0v) is 17.7. The number of hydrogen-bond acceptors (Lipinski definition) is 4. The first-order valence-electron chi connectivity index (χ1n) is 10.6. The smallest absolute Gasteiger partial charge is 0.323 e. The molecule has 4 N–H and O–H groups in total. The van der Waals surface area contributed by atoms with Gasteiger partial charge in [-0.1, -0.05) is 18.2 Å². The van der Waals surface area contributed by atoms with Gasteiger partial charge < -0.3 is 26.0 Å². The summed E-state index contributed by atoms with van der Waals surface area (Å²) in [6.45, 7) is 1.72. The Labute approximate surface area is 187 Å². The molecule has 0 aliphatic carbocycles. The van der Waals surface area contributed by atoms with E-state index in [1.165, 1.54) is 0 Å². The summed E-state index contributed by atoms with van der Waals surface area (Å²) in [4.78, 5) is 25.7. The molecule has 3 amide bonds. The number of carbonyl (C=O) groups excluding carboxylic acids is 2. The quantitative estimate of drug-likeness (QED) is 0.500. The van der Waals surface area contributed by atoms with Crippen LogP contribution in [0, 0.1) is 5.92 Å². The number of amides is 3.